The van der Waals surface area contributed by atoms with Crippen molar-refractivity contribution in [2.75, 3.05) is 59.6 Å². The molecule has 1 atom stereocenters. The Balaban J connectivity index is 1.68. The molecular formula is C22H33N3O6. The van der Waals surface area contributed by atoms with Crippen LogP contribution in [0, 0.1) is 0 Å². The van der Waals surface area contributed by atoms with Crippen LogP contribution in [0.3, 0.4) is 0 Å². The molecule has 0 radical (unpaired) electrons. The van der Waals surface area contributed by atoms with Gasteiger partial charge in [-0.1, -0.05) is 0 Å². The number of hydrogen-bond acceptors (Lipinski definition) is 6. The fraction of sp³-hybridized carbons (Fsp3) is 0.636. The molecule has 1 aromatic rings. The first kappa shape index (κ1) is 23.1. The number of nitrogens with zero attached hydrogens (tertiary/aromatic N) is 2. The molecule has 9 nitrogen and oxygen atoms in total. The third-order valence-electron chi connectivity index (χ3n) is 5.85. The van der Waals surface area contributed by atoms with Gasteiger partial charge >= 0.3 is 6.03 Å². The van der Waals surface area contributed by atoms with Gasteiger partial charge in [0.15, 0.2) is 11.5 Å². The number of ether oxygens (including phenoxy) is 4. The van der Waals surface area contributed by atoms with Gasteiger partial charge in [0.25, 0.3) is 0 Å². The summed E-state index contributed by atoms with van der Waals surface area (Å²) < 4.78 is 21.2. The number of rotatable bonds is 7. The Morgan fingerprint density at radius 1 is 1.10 bits per heavy atom. The van der Waals surface area contributed by atoms with Gasteiger partial charge in [0.1, 0.15) is 6.61 Å². The molecule has 0 spiro atoms. The molecule has 0 aromatic heterocycles. The molecule has 1 aromatic carbocycles. The Morgan fingerprint density at radius 2 is 1.84 bits per heavy atom. The van der Waals surface area contributed by atoms with Crippen LogP contribution in [0.25, 0.3) is 0 Å². The van der Waals surface area contributed by atoms with Gasteiger partial charge in [0, 0.05) is 57.3 Å². The molecule has 0 aliphatic carbocycles. The number of urea groups is 1. The van der Waals surface area contributed by atoms with Crippen LogP contribution in [-0.2, 0) is 14.3 Å². The fourth-order valence-corrected chi connectivity index (χ4v) is 4.35. The molecule has 3 rings (SSSR count). The lowest BCUT2D eigenvalue weighted by Gasteiger charge is -2.44. The van der Waals surface area contributed by atoms with Gasteiger partial charge in [0.2, 0.25) is 5.91 Å². The Morgan fingerprint density at radius 3 is 2.52 bits per heavy atom. The highest BCUT2D eigenvalue weighted by atomic mass is 16.5. The van der Waals surface area contributed by atoms with Crippen molar-refractivity contribution in [3.63, 3.8) is 0 Å². The molecule has 31 heavy (non-hydrogen) atoms. The van der Waals surface area contributed by atoms with Crippen molar-refractivity contribution in [1.82, 2.24) is 9.80 Å². The number of hydrogen-bond donors (Lipinski definition) is 1. The van der Waals surface area contributed by atoms with E-state index in [-0.39, 0.29) is 30.6 Å². The minimum atomic E-state index is -0.192. The van der Waals surface area contributed by atoms with Crippen LogP contribution in [0.4, 0.5) is 10.5 Å². The third-order valence-corrected chi connectivity index (χ3v) is 5.85. The Kier molecular flexibility index (Phi) is 8.36. The van der Waals surface area contributed by atoms with Crippen molar-refractivity contribution in [2.45, 2.75) is 37.8 Å². The molecule has 1 N–H and O–H groups in total. The number of methoxy groups -OCH3 is 3. The van der Waals surface area contributed by atoms with Crippen LogP contribution < -0.4 is 14.8 Å². The zero-order valence-corrected chi connectivity index (χ0v) is 18.6. The summed E-state index contributed by atoms with van der Waals surface area (Å²) in [7, 11) is 4.66. The fourth-order valence-electron chi connectivity index (χ4n) is 4.35. The van der Waals surface area contributed by atoms with E-state index in [1.165, 1.54) is 7.11 Å². The monoisotopic (exact) mass is 435 g/mol. The molecule has 2 aliphatic rings. The summed E-state index contributed by atoms with van der Waals surface area (Å²) in [5, 5.41) is 2.93. The second-order valence-corrected chi connectivity index (χ2v) is 7.82. The van der Waals surface area contributed by atoms with Gasteiger partial charge in [0.05, 0.1) is 14.2 Å². The number of anilines is 1. The summed E-state index contributed by atoms with van der Waals surface area (Å²) >= 11 is 0. The van der Waals surface area contributed by atoms with E-state index < -0.39 is 0 Å². The number of nitrogens with one attached hydrogen (secondary N) is 1. The second-order valence-electron chi connectivity index (χ2n) is 7.82. The van der Waals surface area contributed by atoms with Crippen LogP contribution in [-0.4, -0.2) is 88.1 Å². The van der Waals surface area contributed by atoms with Crippen LogP contribution in [0.2, 0.25) is 0 Å². The maximum absolute atomic E-state index is 13.0. The van der Waals surface area contributed by atoms with Gasteiger partial charge in [-0.05, 0) is 37.8 Å². The Labute approximate surface area is 183 Å². The zero-order valence-electron chi connectivity index (χ0n) is 18.6. The van der Waals surface area contributed by atoms with Crippen LogP contribution in [0.5, 0.6) is 11.5 Å². The highest BCUT2D eigenvalue weighted by molar-refractivity contribution is 5.90. The SMILES string of the molecule is COCC(=O)N(C1CCOCC1)C1CCCN(C(=O)Nc2ccc(OC)c(OC)c2)C1. The number of amides is 3. The summed E-state index contributed by atoms with van der Waals surface area (Å²) in [4.78, 5) is 29.5. The molecule has 9 heteroatoms. The van der Waals surface area contributed by atoms with Gasteiger partial charge in [-0.15, -0.1) is 0 Å². The lowest BCUT2D eigenvalue weighted by Crippen LogP contribution is -2.57. The summed E-state index contributed by atoms with van der Waals surface area (Å²) in [6.45, 7) is 2.49. The third kappa shape index (κ3) is 5.80. The Hall–Kier alpha value is -2.52. The maximum Gasteiger partial charge on any atom is 0.321 e. The van der Waals surface area contributed by atoms with Crippen molar-refractivity contribution in [1.29, 1.82) is 0 Å². The first-order valence-electron chi connectivity index (χ1n) is 10.7. The Bertz CT molecular complexity index is 753. The highest BCUT2D eigenvalue weighted by Gasteiger charge is 2.35. The predicted octanol–water partition coefficient (Wildman–Crippen LogP) is 2.35. The average molecular weight is 436 g/mol. The largest absolute Gasteiger partial charge is 0.493 e. The summed E-state index contributed by atoms with van der Waals surface area (Å²) in [5.41, 5.74) is 0.626. The predicted molar refractivity (Wildman–Crippen MR) is 116 cm³/mol. The molecule has 2 fully saturated rings. The van der Waals surface area contributed by atoms with E-state index in [9.17, 15) is 9.59 Å². The number of likely N-dealkylation sites (tertiary alicyclic amines) is 1. The lowest BCUT2D eigenvalue weighted by molar-refractivity contribution is -0.143. The van der Waals surface area contributed by atoms with Crippen molar-refractivity contribution in [3.05, 3.63) is 18.2 Å². The average Bonchev–Trinajstić information content (AvgIpc) is 2.80. The first-order valence-corrected chi connectivity index (χ1v) is 10.7. The molecule has 0 bridgehead atoms. The smallest absolute Gasteiger partial charge is 0.321 e. The maximum atomic E-state index is 13.0. The van der Waals surface area contributed by atoms with E-state index in [2.05, 4.69) is 5.32 Å². The van der Waals surface area contributed by atoms with Gasteiger partial charge in [-0.3, -0.25) is 4.79 Å². The molecule has 3 amide bonds. The molecule has 2 aliphatic heterocycles. The summed E-state index contributed by atoms with van der Waals surface area (Å²) in [5.74, 6) is 1.12. The molecule has 2 heterocycles. The highest BCUT2D eigenvalue weighted by Crippen LogP contribution is 2.30. The molecule has 172 valence electrons. The van der Waals surface area contributed by atoms with Gasteiger partial charge in [-0.25, -0.2) is 4.79 Å². The van der Waals surface area contributed by atoms with E-state index in [0.29, 0.717) is 43.5 Å². The van der Waals surface area contributed by atoms with Crippen molar-refractivity contribution < 1.29 is 28.5 Å². The summed E-state index contributed by atoms with van der Waals surface area (Å²) in [6.07, 6.45) is 3.32. The van der Waals surface area contributed by atoms with E-state index >= 15 is 0 Å². The second kappa shape index (κ2) is 11.2. The normalized spacial score (nSPS) is 19.6. The first-order chi connectivity index (χ1) is 15.1. The van der Waals surface area contributed by atoms with Crippen molar-refractivity contribution in [2.24, 2.45) is 0 Å². The molecule has 1 unspecified atom stereocenters. The van der Waals surface area contributed by atoms with Crippen LogP contribution >= 0.6 is 0 Å². The molecular weight excluding hydrogens is 402 g/mol. The summed E-state index contributed by atoms with van der Waals surface area (Å²) in [6, 6.07) is 5.16. The number of carbonyl (C=O) groups is 2. The standard InChI is InChI=1S/C22H33N3O6/c1-28-15-21(26)25(17-8-11-31-12-9-17)18-5-4-10-24(14-18)22(27)23-16-6-7-19(29-2)20(13-16)30-3/h6-7,13,17-18H,4-5,8-12,14-15H2,1-3H3,(H,23,27). The number of benzene rings is 1. The molecule has 0 saturated carbocycles. The van der Waals surface area contributed by atoms with E-state index in [4.69, 9.17) is 18.9 Å². The van der Waals surface area contributed by atoms with Gasteiger partial charge < -0.3 is 34.1 Å². The molecule has 2 saturated heterocycles. The zero-order chi connectivity index (χ0) is 22.2. The lowest BCUT2D eigenvalue weighted by atomic mass is 9.98. The minimum Gasteiger partial charge on any atom is -0.493 e. The van der Waals surface area contributed by atoms with Gasteiger partial charge in [-0.2, -0.15) is 0 Å². The number of piperidine rings is 1. The van der Waals surface area contributed by atoms with Crippen molar-refractivity contribution in [3.8, 4) is 11.5 Å². The van der Waals surface area contributed by atoms with E-state index in [1.807, 2.05) is 4.90 Å². The van der Waals surface area contributed by atoms with E-state index in [0.717, 1.165) is 25.7 Å². The van der Waals surface area contributed by atoms with Crippen LogP contribution in [0.15, 0.2) is 18.2 Å². The number of carbonyl (C=O) groups excluding carboxylic acids is 2. The van der Waals surface area contributed by atoms with E-state index in [1.54, 1.807) is 37.3 Å². The minimum absolute atomic E-state index is 0.0263. The topological polar surface area (TPSA) is 89.6 Å². The quantitative estimate of drug-likeness (QED) is 0.707. The van der Waals surface area contributed by atoms with Crippen molar-refractivity contribution >= 4 is 17.6 Å². The van der Waals surface area contributed by atoms with Crippen LogP contribution in [0.1, 0.15) is 25.7 Å².